The van der Waals surface area contributed by atoms with Crippen molar-refractivity contribution in [3.8, 4) is 11.1 Å². The highest BCUT2D eigenvalue weighted by molar-refractivity contribution is 9.10. The van der Waals surface area contributed by atoms with Crippen LogP contribution in [0, 0.1) is 0 Å². The maximum Gasteiger partial charge on any atom is 0.259 e. The van der Waals surface area contributed by atoms with E-state index >= 15 is 0 Å². The molecular formula is C21H21BrClN3O2. The van der Waals surface area contributed by atoms with Crippen molar-refractivity contribution >= 4 is 50.2 Å². The van der Waals surface area contributed by atoms with Gasteiger partial charge in [-0.1, -0.05) is 29.8 Å². The number of imide groups is 1. The summed E-state index contributed by atoms with van der Waals surface area (Å²) in [6.45, 7) is 1.76. The highest BCUT2D eigenvalue weighted by Crippen LogP contribution is 2.41. The van der Waals surface area contributed by atoms with Crippen LogP contribution in [0.15, 0.2) is 41.0 Å². The van der Waals surface area contributed by atoms with E-state index in [1.807, 2.05) is 44.6 Å². The molecule has 0 saturated carbocycles. The lowest BCUT2D eigenvalue weighted by Gasteiger charge is -2.13. The summed E-state index contributed by atoms with van der Waals surface area (Å²) in [5, 5.41) is 3.75. The van der Waals surface area contributed by atoms with Gasteiger partial charge in [0.2, 0.25) is 0 Å². The summed E-state index contributed by atoms with van der Waals surface area (Å²) < 4.78 is 2.93. The molecule has 2 heterocycles. The smallest absolute Gasteiger partial charge is 0.259 e. The van der Waals surface area contributed by atoms with Gasteiger partial charge in [-0.05, 0) is 60.7 Å². The number of amides is 2. The number of aryl methyl sites for hydroxylation is 1. The number of halogens is 2. The van der Waals surface area contributed by atoms with E-state index in [0.717, 1.165) is 40.4 Å². The minimum Gasteiger partial charge on any atom is -0.346 e. The minimum absolute atomic E-state index is 0. The number of benzene rings is 2. The van der Waals surface area contributed by atoms with Gasteiger partial charge in [0.1, 0.15) is 0 Å². The number of hydrogen-bond acceptors (Lipinski definition) is 3. The molecule has 2 amide bonds. The number of carbonyl (C=O) groups excluding carboxylic acids is 2. The van der Waals surface area contributed by atoms with Crippen LogP contribution in [0.2, 0.25) is 5.02 Å². The molecule has 0 bridgehead atoms. The van der Waals surface area contributed by atoms with Gasteiger partial charge in [0, 0.05) is 34.6 Å². The monoisotopic (exact) mass is 461 g/mol. The molecule has 1 aliphatic heterocycles. The van der Waals surface area contributed by atoms with Crippen LogP contribution < -0.4 is 5.32 Å². The molecule has 0 aliphatic carbocycles. The summed E-state index contributed by atoms with van der Waals surface area (Å²) in [6, 6.07) is 9.34. The lowest BCUT2D eigenvalue weighted by atomic mass is 9.94. The number of rotatable bonds is 5. The topological polar surface area (TPSA) is 54.3 Å². The Kier molecular flexibility index (Phi) is 5.04. The zero-order valence-electron chi connectivity index (χ0n) is 15.6. The molecule has 146 valence electrons. The normalized spacial score (nSPS) is 13.5. The summed E-state index contributed by atoms with van der Waals surface area (Å²) in [7, 11) is 4.09. The van der Waals surface area contributed by atoms with Crippen LogP contribution in [-0.2, 0) is 6.54 Å². The van der Waals surface area contributed by atoms with Crippen molar-refractivity contribution in [2.45, 2.75) is 13.0 Å². The van der Waals surface area contributed by atoms with E-state index in [-0.39, 0.29) is 13.2 Å². The Bertz CT molecular complexity index is 1130. The molecule has 0 radical (unpaired) electrons. The van der Waals surface area contributed by atoms with Crippen LogP contribution in [0.3, 0.4) is 0 Å². The second kappa shape index (κ2) is 7.35. The Morgan fingerprint density at radius 2 is 1.86 bits per heavy atom. The average Bonchev–Trinajstić information content (AvgIpc) is 3.11. The zero-order valence-corrected chi connectivity index (χ0v) is 17.9. The molecule has 0 atom stereocenters. The first kappa shape index (κ1) is 19.2. The molecule has 7 heteroatoms. The van der Waals surface area contributed by atoms with Crippen LogP contribution in [-0.4, -0.2) is 41.9 Å². The SMILES string of the molecule is CN(C)CCCn1cc(Br)c2c3c(c(-c4ccccc4Cl)cc21)C(=O)NC3=O.[HH]. The molecule has 0 spiro atoms. The molecule has 0 unspecified atom stereocenters. The quantitative estimate of drug-likeness (QED) is 0.554. The van der Waals surface area contributed by atoms with Crippen molar-refractivity contribution in [3.05, 3.63) is 57.2 Å². The highest BCUT2D eigenvalue weighted by atomic mass is 79.9. The predicted molar refractivity (Wildman–Crippen MR) is 117 cm³/mol. The minimum atomic E-state index is -0.385. The molecule has 5 nitrogen and oxygen atoms in total. The Balaban J connectivity index is 0.00000240. The fourth-order valence-electron chi connectivity index (χ4n) is 3.73. The van der Waals surface area contributed by atoms with Crippen molar-refractivity contribution in [2.75, 3.05) is 20.6 Å². The van der Waals surface area contributed by atoms with E-state index in [9.17, 15) is 9.59 Å². The van der Waals surface area contributed by atoms with Crippen molar-refractivity contribution < 1.29 is 11.0 Å². The lowest BCUT2D eigenvalue weighted by Crippen LogP contribution is -2.20. The van der Waals surface area contributed by atoms with E-state index in [1.165, 1.54) is 0 Å². The summed E-state index contributed by atoms with van der Waals surface area (Å²) in [5.41, 5.74) is 3.12. The fourth-order valence-corrected chi connectivity index (χ4v) is 4.62. The molecule has 28 heavy (non-hydrogen) atoms. The molecule has 4 rings (SSSR count). The lowest BCUT2D eigenvalue weighted by molar-refractivity contribution is 0.0880. The van der Waals surface area contributed by atoms with Crippen molar-refractivity contribution in [2.24, 2.45) is 0 Å². The van der Waals surface area contributed by atoms with Crippen molar-refractivity contribution in [3.63, 3.8) is 0 Å². The van der Waals surface area contributed by atoms with Crippen LogP contribution in [0.1, 0.15) is 28.6 Å². The molecule has 0 saturated heterocycles. The van der Waals surface area contributed by atoms with E-state index in [1.54, 1.807) is 6.07 Å². The number of nitrogens with one attached hydrogen (secondary N) is 1. The summed E-state index contributed by atoms with van der Waals surface area (Å²) in [5.74, 6) is -0.755. The third-order valence-electron chi connectivity index (χ3n) is 4.97. The largest absolute Gasteiger partial charge is 0.346 e. The van der Waals surface area contributed by atoms with Crippen LogP contribution in [0.25, 0.3) is 22.0 Å². The van der Waals surface area contributed by atoms with E-state index in [0.29, 0.717) is 21.7 Å². The van der Waals surface area contributed by atoms with Gasteiger partial charge in [0.15, 0.2) is 0 Å². The third-order valence-corrected chi connectivity index (χ3v) is 5.90. The molecular weight excluding hydrogens is 442 g/mol. The predicted octanol–water partition coefficient (Wildman–Crippen LogP) is 4.81. The average molecular weight is 463 g/mol. The summed E-state index contributed by atoms with van der Waals surface area (Å²) >= 11 is 10.0. The van der Waals surface area contributed by atoms with Gasteiger partial charge in [-0.3, -0.25) is 14.9 Å². The highest BCUT2D eigenvalue weighted by Gasteiger charge is 2.34. The second-order valence-corrected chi connectivity index (χ2v) is 8.42. The first-order chi connectivity index (χ1) is 13.4. The van der Waals surface area contributed by atoms with E-state index in [4.69, 9.17) is 11.6 Å². The molecule has 1 aromatic heterocycles. The fraction of sp³-hybridized carbons (Fsp3) is 0.238. The second-order valence-electron chi connectivity index (χ2n) is 7.16. The maximum absolute atomic E-state index is 12.6. The van der Waals surface area contributed by atoms with Gasteiger partial charge in [-0.25, -0.2) is 0 Å². The Morgan fingerprint density at radius 3 is 2.57 bits per heavy atom. The van der Waals surface area contributed by atoms with Gasteiger partial charge in [0.25, 0.3) is 11.8 Å². The molecule has 1 N–H and O–H groups in total. The van der Waals surface area contributed by atoms with Gasteiger partial charge in [-0.15, -0.1) is 0 Å². The third kappa shape index (κ3) is 3.15. The zero-order chi connectivity index (χ0) is 20.0. The standard InChI is InChI=1S/C21H19BrClN3O2.H2/c1-25(2)8-5-9-26-11-14(22)18-16(26)10-13(12-6-3-4-7-15(12)23)17-19(18)21(28)24-20(17)27;/h3-4,6-7,10-11H,5,8-9H2,1-2H3,(H,24,27,28);1H. The molecule has 2 aromatic carbocycles. The van der Waals surface area contributed by atoms with Gasteiger partial charge >= 0.3 is 0 Å². The number of fused-ring (bicyclic) bond motifs is 3. The van der Waals surface area contributed by atoms with Crippen LogP contribution >= 0.6 is 27.5 Å². The molecule has 0 fully saturated rings. The first-order valence-electron chi connectivity index (χ1n) is 8.99. The number of carbonyl (C=O) groups is 2. The number of hydrogen-bond donors (Lipinski definition) is 1. The maximum atomic E-state index is 12.6. The Labute approximate surface area is 177 Å². The number of nitrogens with zero attached hydrogens (tertiary/aromatic N) is 2. The summed E-state index contributed by atoms with van der Waals surface area (Å²) in [4.78, 5) is 27.3. The summed E-state index contributed by atoms with van der Waals surface area (Å²) in [6.07, 6.45) is 2.94. The van der Waals surface area contributed by atoms with Gasteiger partial charge < -0.3 is 9.47 Å². The number of aromatic nitrogens is 1. The molecule has 3 aromatic rings. The van der Waals surface area contributed by atoms with Crippen molar-refractivity contribution in [1.82, 2.24) is 14.8 Å². The first-order valence-corrected chi connectivity index (χ1v) is 10.2. The van der Waals surface area contributed by atoms with Gasteiger partial charge in [-0.2, -0.15) is 0 Å². The Morgan fingerprint density at radius 1 is 1.14 bits per heavy atom. The van der Waals surface area contributed by atoms with Crippen LogP contribution in [0.5, 0.6) is 0 Å². The van der Waals surface area contributed by atoms with E-state index < -0.39 is 0 Å². The molecule has 1 aliphatic rings. The van der Waals surface area contributed by atoms with Gasteiger partial charge in [0.05, 0.1) is 16.6 Å². The van der Waals surface area contributed by atoms with Crippen LogP contribution in [0.4, 0.5) is 0 Å². The van der Waals surface area contributed by atoms with E-state index in [2.05, 4.69) is 30.7 Å². The Hall–Kier alpha value is -2.15. The van der Waals surface area contributed by atoms with Crippen molar-refractivity contribution in [1.29, 1.82) is 0 Å².